The van der Waals surface area contributed by atoms with Gasteiger partial charge in [-0.25, -0.2) is 0 Å². The second-order valence-corrected chi connectivity index (χ2v) is 7.33. The number of carbonyl (C=O) groups is 1. The van der Waals surface area contributed by atoms with Crippen molar-refractivity contribution in [1.29, 1.82) is 0 Å². The van der Waals surface area contributed by atoms with Crippen LogP contribution in [0, 0.1) is 0 Å². The Balaban J connectivity index is 1.83. The molecule has 0 spiro atoms. The Kier molecular flexibility index (Phi) is 5.01. The molecule has 1 aliphatic rings. The van der Waals surface area contributed by atoms with Gasteiger partial charge in [-0.15, -0.1) is 0 Å². The number of carbonyl (C=O) groups excluding carboxylic acids is 1. The summed E-state index contributed by atoms with van der Waals surface area (Å²) in [6.07, 6.45) is 0.758. The summed E-state index contributed by atoms with van der Waals surface area (Å²) in [5.41, 5.74) is 1.35. The third-order valence-corrected chi connectivity index (χ3v) is 5.12. The SMILES string of the molecule is O=C1CCc2cc(OS(=O)(=O)c3ccc(OC(F)F)c(Cl)c3)ccc2N1. The highest BCUT2D eigenvalue weighted by molar-refractivity contribution is 7.87. The Morgan fingerprint density at radius 1 is 1.12 bits per heavy atom. The lowest BCUT2D eigenvalue weighted by atomic mass is 10.0. The summed E-state index contributed by atoms with van der Waals surface area (Å²) in [5.74, 6) is -0.395. The maximum Gasteiger partial charge on any atom is 0.387 e. The first-order chi connectivity index (χ1) is 12.2. The first-order valence-corrected chi connectivity index (χ1v) is 9.15. The minimum atomic E-state index is -4.23. The van der Waals surface area contributed by atoms with E-state index in [9.17, 15) is 22.0 Å². The van der Waals surface area contributed by atoms with E-state index in [1.54, 1.807) is 6.07 Å². The number of fused-ring (bicyclic) bond motifs is 1. The van der Waals surface area contributed by atoms with E-state index < -0.39 is 16.7 Å². The molecule has 1 aliphatic heterocycles. The lowest BCUT2D eigenvalue weighted by molar-refractivity contribution is -0.116. The van der Waals surface area contributed by atoms with Crippen LogP contribution in [0.1, 0.15) is 12.0 Å². The highest BCUT2D eigenvalue weighted by Gasteiger charge is 2.21. The summed E-state index contributed by atoms with van der Waals surface area (Å²) in [7, 11) is -4.23. The van der Waals surface area contributed by atoms with Gasteiger partial charge in [-0.1, -0.05) is 11.6 Å². The van der Waals surface area contributed by atoms with Crippen molar-refractivity contribution in [1.82, 2.24) is 0 Å². The van der Waals surface area contributed by atoms with Crippen molar-refractivity contribution in [3.05, 3.63) is 47.0 Å². The van der Waals surface area contributed by atoms with Crippen LogP contribution in [0.2, 0.25) is 5.02 Å². The fourth-order valence-corrected chi connectivity index (χ4v) is 3.65. The van der Waals surface area contributed by atoms with Gasteiger partial charge in [0.25, 0.3) is 0 Å². The molecular weight excluding hydrogens is 392 g/mol. The van der Waals surface area contributed by atoms with Crippen LogP contribution < -0.4 is 14.2 Å². The largest absolute Gasteiger partial charge is 0.433 e. The molecular formula is C16H12ClF2NO5S. The molecule has 26 heavy (non-hydrogen) atoms. The van der Waals surface area contributed by atoms with E-state index in [2.05, 4.69) is 10.1 Å². The van der Waals surface area contributed by atoms with Crippen LogP contribution in [0.15, 0.2) is 41.3 Å². The van der Waals surface area contributed by atoms with E-state index in [1.807, 2.05) is 0 Å². The average molecular weight is 404 g/mol. The van der Waals surface area contributed by atoms with E-state index in [0.717, 1.165) is 23.8 Å². The maximum absolute atomic E-state index is 12.4. The van der Waals surface area contributed by atoms with E-state index >= 15 is 0 Å². The topological polar surface area (TPSA) is 81.7 Å². The Hall–Kier alpha value is -2.39. The monoisotopic (exact) mass is 403 g/mol. The van der Waals surface area contributed by atoms with Crippen LogP contribution >= 0.6 is 11.6 Å². The van der Waals surface area contributed by atoms with Gasteiger partial charge in [-0.2, -0.15) is 17.2 Å². The Labute approximate surface area is 152 Å². The van der Waals surface area contributed by atoms with Crippen molar-refractivity contribution in [2.45, 2.75) is 24.3 Å². The van der Waals surface area contributed by atoms with Gasteiger partial charge in [0.1, 0.15) is 16.4 Å². The van der Waals surface area contributed by atoms with E-state index in [4.69, 9.17) is 15.8 Å². The summed E-state index contributed by atoms with van der Waals surface area (Å²) >= 11 is 5.77. The molecule has 1 N–H and O–H groups in total. The van der Waals surface area contributed by atoms with Crippen LogP contribution in [0.25, 0.3) is 0 Å². The van der Waals surface area contributed by atoms with Crippen LogP contribution in [-0.4, -0.2) is 20.9 Å². The minimum Gasteiger partial charge on any atom is -0.433 e. The second-order valence-electron chi connectivity index (χ2n) is 5.38. The van der Waals surface area contributed by atoms with Gasteiger partial charge in [0.2, 0.25) is 5.91 Å². The molecule has 2 aromatic rings. The van der Waals surface area contributed by atoms with Crippen LogP contribution in [0.5, 0.6) is 11.5 Å². The molecule has 3 rings (SSSR count). The van der Waals surface area contributed by atoms with Gasteiger partial charge in [0.15, 0.2) is 0 Å². The molecule has 0 fully saturated rings. The van der Waals surface area contributed by atoms with Gasteiger partial charge in [-0.05, 0) is 48.4 Å². The number of nitrogens with one attached hydrogen (secondary N) is 1. The molecule has 2 aromatic carbocycles. The Morgan fingerprint density at radius 2 is 1.88 bits per heavy atom. The highest BCUT2D eigenvalue weighted by Crippen LogP contribution is 2.31. The van der Waals surface area contributed by atoms with Crippen molar-refractivity contribution >= 4 is 33.3 Å². The predicted octanol–water partition coefficient (Wildman–Crippen LogP) is 3.59. The van der Waals surface area contributed by atoms with Crippen LogP contribution in [-0.2, 0) is 21.3 Å². The van der Waals surface area contributed by atoms with E-state index in [0.29, 0.717) is 18.5 Å². The molecule has 138 valence electrons. The lowest BCUT2D eigenvalue weighted by Crippen LogP contribution is -2.19. The van der Waals surface area contributed by atoms with E-state index in [-0.39, 0.29) is 27.3 Å². The van der Waals surface area contributed by atoms with Gasteiger partial charge < -0.3 is 14.2 Å². The lowest BCUT2D eigenvalue weighted by Gasteiger charge is -2.17. The number of anilines is 1. The van der Waals surface area contributed by atoms with Gasteiger partial charge in [0, 0.05) is 12.1 Å². The fraction of sp³-hybridized carbons (Fsp3) is 0.188. The number of halogens is 3. The van der Waals surface area contributed by atoms with Crippen molar-refractivity contribution in [3.63, 3.8) is 0 Å². The second kappa shape index (κ2) is 7.08. The first-order valence-electron chi connectivity index (χ1n) is 7.36. The number of aryl methyl sites for hydroxylation is 1. The Morgan fingerprint density at radius 3 is 2.58 bits per heavy atom. The molecule has 0 radical (unpaired) electrons. The van der Waals surface area contributed by atoms with Gasteiger partial charge in [0.05, 0.1) is 5.02 Å². The molecule has 6 nitrogen and oxygen atoms in total. The van der Waals surface area contributed by atoms with Crippen molar-refractivity contribution < 1.29 is 30.9 Å². The number of rotatable bonds is 5. The molecule has 0 aliphatic carbocycles. The van der Waals surface area contributed by atoms with E-state index in [1.165, 1.54) is 12.1 Å². The molecule has 1 heterocycles. The normalized spacial score (nSPS) is 13.9. The first kappa shape index (κ1) is 18.4. The standard InChI is InChI=1S/C16H12ClF2NO5S/c17-12-8-11(3-5-14(12)24-16(18)19)26(22,23)25-10-2-4-13-9(7-10)1-6-15(21)20-13/h2-5,7-8,16H,1,6H2,(H,20,21). The van der Waals surface area contributed by atoms with Crippen molar-refractivity contribution in [2.24, 2.45) is 0 Å². The molecule has 0 atom stereocenters. The van der Waals surface area contributed by atoms with Gasteiger partial charge in [-0.3, -0.25) is 4.79 Å². The van der Waals surface area contributed by atoms with Crippen LogP contribution in [0.3, 0.4) is 0 Å². The average Bonchev–Trinajstić information content (AvgIpc) is 2.56. The molecule has 10 heteroatoms. The number of amides is 1. The zero-order valence-corrected chi connectivity index (χ0v) is 14.6. The third kappa shape index (κ3) is 4.05. The minimum absolute atomic E-state index is 0.0592. The summed E-state index contributed by atoms with van der Waals surface area (Å²) in [6, 6.07) is 7.50. The maximum atomic E-state index is 12.4. The van der Waals surface area contributed by atoms with Crippen molar-refractivity contribution in [3.8, 4) is 11.5 Å². The molecule has 0 saturated heterocycles. The fourth-order valence-electron chi connectivity index (χ4n) is 2.42. The smallest absolute Gasteiger partial charge is 0.387 e. The summed E-state index contributed by atoms with van der Waals surface area (Å²) in [5, 5.41) is 2.39. The number of ether oxygens (including phenoxy) is 1. The Bertz CT molecular complexity index is 965. The zero-order chi connectivity index (χ0) is 18.9. The third-order valence-electron chi connectivity index (χ3n) is 3.59. The predicted molar refractivity (Wildman–Crippen MR) is 89.3 cm³/mol. The molecule has 0 unspecified atom stereocenters. The summed E-state index contributed by atoms with van der Waals surface area (Å²) in [6.45, 7) is -3.08. The summed E-state index contributed by atoms with van der Waals surface area (Å²) in [4.78, 5) is 11.0. The molecule has 0 saturated carbocycles. The number of hydrogen-bond acceptors (Lipinski definition) is 5. The molecule has 1 amide bonds. The quantitative estimate of drug-likeness (QED) is 0.771. The number of benzene rings is 2. The number of hydrogen-bond donors (Lipinski definition) is 1. The summed E-state index contributed by atoms with van der Waals surface area (Å²) < 4.78 is 58.4. The van der Waals surface area contributed by atoms with Crippen molar-refractivity contribution in [2.75, 3.05) is 5.32 Å². The zero-order valence-electron chi connectivity index (χ0n) is 13.0. The van der Waals surface area contributed by atoms with Crippen LogP contribution in [0.4, 0.5) is 14.5 Å². The number of alkyl halides is 2. The van der Waals surface area contributed by atoms with Gasteiger partial charge >= 0.3 is 16.7 Å². The molecule has 0 aromatic heterocycles. The highest BCUT2D eigenvalue weighted by atomic mass is 35.5. The molecule has 0 bridgehead atoms.